The molecule has 6 heteroatoms. The summed E-state index contributed by atoms with van der Waals surface area (Å²) in [6.45, 7) is 4.25. The number of carbonyl (C=O) groups is 2. The van der Waals surface area contributed by atoms with Crippen LogP contribution < -0.4 is 0 Å². The van der Waals surface area contributed by atoms with Gasteiger partial charge in [0.2, 0.25) is 0 Å². The highest BCUT2D eigenvalue weighted by molar-refractivity contribution is 8.04. The van der Waals surface area contributed by atoms with Gasteiger partial charge in [-0.15, -0.1) is 0 Å². The maximum Gasteiger partial charge on any atom is 0.330 e. The Hall–Kier alpha value is -1.01. The Labute approximate surface area is 111 Å². The summed E-state index contributed by atoms with van der Waals surface area (Å²) >= 11 is 1.37. The van der Waals surface area contributed by atoms with Crippen LogP contribution in [0.25, 0.3) is 0 Å². The van der Waals surface area contributed by atoms with E-state index in [0.717, 1.165) is 32.0 Å². The number of hydrogen-bond donors (Lipinski definition) is 1. The predicted molar refractivity (Wildman–Crippen MR) is 69.9 cm³/mol. The molecule has 2 heterocycles. The van der Waals surface area contributed by atoms with E-state index in [0.29, 0.717) is 11.6 Å². The molecule has 0 aromatic heterocycles. The van der Waals surface area contributed by atoms with Crippen LogP contribution in [0.1, 0.15) is 26.2 Å². The van der Waals surface area contributed by atoms with Gasteiger partial charge in [0, 0.05) is 6.54 Å². The number of carboxylic acid groups (broad SMARTS) is 1. The highest BCUT2D eigenvalue weighted by atomic mass is 32.2. The van der Waals surface area contributed by atoms with Crippen molar-refractivity contribution in [1.29, 1.82) is 0 Å². The fourth-order valence-corrected chi connectivity index (χ4v) is 3.72. The average Bonchev–Trinajstić information content (AvgIpc) is 2.66. The van der Waals surface area contributed by atoms with Gasteiger partial charge in [0.15, 0.2) is 0 Å². The molecule has 0 aromatic rings. The predicted octanol–water partition coefficient (Wildman–Crippen LogP) is 1.32. The first-order valence-corrected chi connectivity index (χ1v) is 7.18. The Morgan fingerprint density at radius 3 is 2.67 bits per heavy atom. The van der Waals surface area contributed by atoms with Gasteiger partial charge >= 0.3 is 5.97 Å². The molecule has 2 rings (SSSR count). The van der Waals surface area contributed by atoms with Gasteiger partial charge in [-0.2, -0.15) is 0 Å². The van der Waals surface area contributed by atoms with Crippen LogP contribution >= 0.6 is 11.8 Å². The second-order valence-corrected chi connectivity index (χ2v) is 5.57. The van der Waals surface area contributed by atoms with Gasteiger partial charge in [-0.1, -0.05) is 18.2 Å². The first kappa shape index (κ1) is 13.4. The van der Waals surface area contributed by atoms with E-state index in [9.17, 15) is 9.59 Å². The number of carboxylic acids is 1. The first-order valence-electron chi connectivity index (χ1n) is 6.30. The Bertz CT molecular complexity index is 378. The molecule has 0 radical (unpaired) electrons. The second-order valence-electron chi connectivity index (χ2n) is 4.47. The SMILES string of the molecule is CCN1C(=O)[C@H](N2CCCCC2)S/C1=C\C(=O)O. The van der Waals surface area contributed by atoms with Crippen LogP contribution in [0.2, 0.25) is 0 Å². The third kappa shape index (κ3) is 2.70. The van der Waals surface area contributed by atoms with Crippen molar-refractivity contribution < 1.29 is 14.7 Å². The van der Waals surface area contributed by atoms with Crippen molar-refractivity contribution in [2.75, 3.05) is 19.6 Å². The molecule has 0 aliphatic carbocycles. The molecule has 0 spiro atoms. The van der Waals surface area contributed by atoms with E-state index in [2.05, 4.69) is 4.90 Å². The largest absolute Gasteiger partial charge is 0.478 e. The van der Waals surface area contributed by atoms with Crippen molar-refractivity contribution in [2.24, 2.45) is 0 Å². The van der Waals surface area contributed by atoms with Gasteiger partial charge in [-0.3, -0.25) is 9.69 Å². The number of carbonyl (C=O) groups excluding carboxylic acids is 1. The fourth-order valence-electron chi connectivity index (χ4n) is 2.38. The number of amides is 1. The van der Waals surface area contributed by atoms with Crippen LogP contribution in [0.5, 0.6) is 0 Å². The van der Waals surface area contributed by atoms with Gasteiger partial charge < -0.3 is 10.0 Å². The van der Waals surface area contributed by atoms with E-state index in [4.69, 9.17) is 5.11 Å². The second kappa shape index (κ2) is 5.75. The minimum absolute atomic E-state index is 0.0249. The van der Waals surface area contributed by atoms with E-state index in [1.165, 1.54) is 18.2 Å². The third-order valence-electron chi connectivity index (χ3n) is 3.26. The Morgan fingerprint density at radius 2 is 2.11 bits per heavy atom. The summed E-state index contributed by atoms with van der Waals surface area (Å²) in [6, 6.07) is 0. The third-order valence-corrected chi connectivity index (χ3v) is 4.56. The summed E-state index contributed by atoms with van der Waals surface area (Å²) in [6.07, 6.45) is 4.59. The molecule has 1 N–H and O–H groups in total. The topological polar surface area (TPSA) is 60.9 Å². The number of nitrogens with zero attached hydrogens (tertiary/aromatic N) is 2. The van der Waals surface area contributed by atoms with Crippen molar-refractivity contribution in [3.05, 3.63) is 11.1 Å². The molecule has 0 bridgehead atoms. The van der Waals surface area contributed by atoms with Crippen LogP contribution in [0.15, 0.2) is 11.1 Å². The molecule has 2 fully saturated rings. The van der Waals surface area contributed by atoms with E-state index >= 15 is 0 Å². The summed E-state index contributed by atoms with van der Waals surface area (Å²) in [5, 5.41) is 9.16. The molecule has 1 atom stereocenters. The lowest BCUT2D eigenvalue weighted by atomic mass is 10.1. The lowest BCUT2D eigenvalue weighted by molar-refractivity contribution is -0.131. The molecule has 0 aromatic carbocycles. The number of hydrogen-bond acceptors (Lipinski definition) is 4. The smallest absolute Gasteiger partial charge is 0.330 e. The van der Waals surface area contributed by atoms with Crippen LogP contribution in [0.3, 0.4) is 0 Å². The van der Waals surface area contributed by atoms with Gasteiger partial charge in [-0.05, 0) is 32.9 Å². The van der Waals surface area contributed by atoms with Gasteiger partial charge in [0.05, 0.1) is 11.1 Å². The number of likely N-dealkylation sites (N-methyl/N-ethyl adjacent to an activating group) is 1. The number of rotatable bonds is 3. The van der Waals surface area contributed by atoms with Crippen molar-refractivity contribution in [2.45, 2.75) is 31.6 Å². The summed E-state index contributed by atoms with van der Waals surface area (Å²) in [5.41, 5.74) is 0. The zero-order chi connectivity index (χ0) is 13.1. The summed E-state index contributed by atoms with van der Waals surface area (Å²) < 4.78 is 0. The molecule has 18 heavy (non-hydrogen) atoms. The quantitative estimate of drug-likeness (QED) is 0.784. The molecule has 0 unspecified atom stereocenters. The number of piperidine rings is 1. The lowest BCUT2D eigenvalue weighted by Gasteiger charge is -2.29. The number of likely N-dealkylation sites (tertiary alicyclic amines) is 1. The molecule has 1 amide bonds. The van der Waals surface area contributed by atoms with Gasteiger partial charge in [-0.25, -0.2) is 4.79 Å². The maximum atomic E-state index is 12.3. The monoisotopic (exact) mass is 270 g/mol. The Kier molecular flexibility index (Phi) is 4.29. The van der Waals surface area contributed by atoms with Crippen LogP contribution in [0.4, 0.5) is 0 Å². The molecule has 100 valence electrons. The Balaban J connectivity index is 2.14. The van der Waals surface area contributed by atoms with Crippen molar-refractivity contribution in [1.82, 2.24) is 9.80 Å². The van der Waals surface area contributed by atoms with E-state index < -0.39 is 5.97 Å². The molecule has 5 nitrogen and oxygen atoms in total. The normalized spacial score (nSPS) is 28.1. The number of aliphatic carboxylic acids is 1. The van der Waals surface area contributed by atoms with E-state index in [-0.39, 0.29) is 11.3 Å². The van der Waals surface area contributed by atoms with Crippen molar-refractivity contribution >= 4 is 23.6 Å². The summed E-state index contributed by atoms with van der Waals surface area (Å²) in [5.74, 6) is -0.972. The molecule has 0 saturated carbocycles. The summed E-state index contributed by atoms with van der Waals surface area (Å²) in [7, 11) is 0. The van der Waals surface area contributed by atoms with Crippen LogP contribution in [-0.2, 0) is 9.59 Å². The molecular weight excluding hydrogens is 252 g/mol. The van der Waals surface area contributed by atoms with Crippen molar-refractivity contribution in [3.63, 3.8) is 0 Å². The first-order chi connectivity index (χ1) is 8.63. The molecule has 2 aliphatic heterocycles. The minimum Gasteiger partial charge on any atom is -0.478 e. The van der Waals surface area contributed by atoms with E-state index in [1.807, 2.05) is 6.92 Å². The zero-order valence-corrected chi connectivity index (χ0v) is 11.3. The minimum atomic E-state index is -0.997. The van der Waals surface area contributed by atoms with E-state index in [1.54, 1.807) is 4.90 Å². The van der Waals surface area contributed by atoms with Crippen LogP contribution in [-0.4, -0.2) is 51.8 Å². The Morgan fingerprint density at radius 1 is 1.44 bits per heavy atom. The van der Waals surface area contributed by atoms with Crippen molar-refractivity contribution in [3.8, 4) is 0 Å². The molecule has 2 saturated heterocycles. The zero-order valence-electron chi connectivity index (χ0n) is 10.5. The molecule has 2 aliphatic rings. The van der Waals surface area contributed by atoms with Crippen LogP contribution in [0, 0.1) is 0 Å². The molecular formula is C12H18N2O3S. The highest BCUT2D eigenvalue weighted by Gasteiger charge is 2.40. The highest BCUT2D eigenvalue weighted by Crippen LogP contribution is 2.37. The standard InChI is InChI=1S/C12H18N2O3S/c1-2-14-9(8-10(15)16)18-12(11(14)17)13-6-4-3-5-7-13/h8,12H,2-7H2,1H3,(H,15,16)/b9-8-/t12-/m1/s1. The van der Waals surface area contributed by atoms with Gasteiger partial charge in [0.1, 0.15) is 5.37 Å². The fraction of sp³-hybridized carbons (Fsp3) is 0.667. The average molecular weight is 270 g/mol. The summed E-state index contributed by atoms with van der Waals surface area (Å²) in [4.78, 5) is 26.8. The van der Waals surface area contributed by atoms with Gasteiger partial charge in [0.25, 0.3) is 5.91 Å². The number of thioether (sulfide) groups is 1. The lowest BCUT2D eigenvalue weighted by Crippen LogP contribution is -2.43. The maximum absolute atomic E-state index is 12.3.